The fraction of sp³-hybridized carbons (Fsp3) is 0.545. The molecule has 1 aromatic heterocycles. The minimum absolute atomic E-state index is 0. The van der Waals surface area contributed by atoms with Crippen molar-refractivity contribution >= 4 is 30.5 Å². The fourth-order valence-electron chi connectivity index (χ4n) is 1.95. The summed E-state index contributed by atoms with van der Waals surface area (Å²) in [6.45, 7) is 1.13. The van der Waals surface area contributed by atoms with Gasteiger partial charge in [0.15, 0.2) is 0 Å². The first-order valence-corrected chi connectivity index (χ1v) is 5.09. The van der Waals surface area contributed by atoms with Gasteiger partial charge in [0.1, 0.15) is 0 Å². The Morgan fingerprint density at radius 3 is 2.33 bits per heavy atom. The van der Waals surface area contributed by atoms with Crippen LogP contribution < -0.4 is 5.32 Å². The predicted molar refractivity (Wildman–Crippen MR) is 69.2 cm³/mol. The van der Waals surface area contributed by atoms with Gasteiger partial charge in [0, 0.05) is 24.6 Å². The summed E-state index contributed by atoms with van der Waals surface area (Å²) in [5.74, 6) is 0.896. The van der Waals surface area contributed by atoms with E-state index >= 15 is 0 Å². The van der Waals surface area contributed by atoms with Crippen molar-refractivity contribution in [2.24, 2.45) is 5.92 Å². The smallest absolute Gasteiger partial charge is 0.0371 e. The SMILES string of the molecule is Cl.Cl.c1cc(NCC2CCCC2)ccn1. The van der Waals surface area contributed by atoms with Crippen LogP contribution in [0, 0.1) is 5.92 Å². The number of nitrogens with zero attached hydrogens (tertiary/aromatic N) is 1. The average molecular weight is 249 g/mol. The summed E-state index contributed by atoms with van der Waals surface area (Å²) in [4.78, 5) is 3.99. The standard InChI is InChI=1S/C11H16N2.2ClH/c1-2-4-10(3-1)9-13-11-5-7-12-8-6-11;;/h5-8,10H,1-4,9H2,(H,12,13);2*1H. The molecule has 1 aromatic rings. The Morgan fingerprint density at radius 2 is 1.73 bits per heavy atom. The number of halogens is 2. The molecule has 4 heteroatoms. The minimum Gasteiger partial charge on any atom is -0.385 e. The highest BCUT2D eigenvalue weighted by atomic mass is 35.5. The number of rotatable bonds is 3. The van der Waals surface area contributed by atoms with Gasteiger partial charge in [-0.25, -0.2) is 0 Å². The summed E-state index contributed by atoms with van der Waals surface area (Å²) in [5.41, 5.74) is 1.20. The highest BCUT2D eigenvalue weighted by Crippen LogP contribution is 2.24. The van der Waals surface area contributed by atoms with Gasteiger partial charge in [-0.15, -0.1) is 24.8 Å². The normalized spacial score (nSPS) is 15.2. The molecular formula is C11H18Cl2N2. The van der Waals surface area contributed by atoms with Crippen LogP contribution in [0.3, 0.4) is 0 Å². The molecule has 1 N–H and O–H groups in total. The number of pyridine rings is 1. The molecule has 15 heavy (non-hydrogen) atoms. The van der Waals surface area contributed by atoms with Crippen LogP contribution in [-0.4, -0.2) is 11.5 Å². The molecule has 2 rings (SSSR count). The molecule has 0 unspecified atom stereocenters. The van der Waals surface area contributed by atoms with Crippen LogP contribution in [-0.2, 0) is 0 Å². The Bertz CT molecular complexity index is 248. The zero-order valence-corrected chi connectivity index (χ0v) is 10.3. The lowest BCUT2D eigenvalue weighted by atomic mass is 10.1. The van der Waals surface area contributed by atoms with Gasteiger partial charge in [-0.2, -0.15) is 0 Å². The summed E-state index contributed by atoms with van der Waals surface area (Å²) in [7, 11) is 0. The van der Waals surface area contributed by atoms with Crippen LogP contribution in [0.1, 0.15) is 25.7 Å². The van der Waals surface area contributed by atoms with Crippen molar-refractivity contribution in [3.63, 3.8) is 0 Å². The van der Waals surface area contributed by atoms with E-state index in [9.17, 15) is 0 Å². The number of anilines is 1. The molecule has 0 amide bonds. The van der Waals surface area contributed by atoms with E-state index in [4.69, 9.17) is 0 Å². The van der Waals surface area contributed by atoms with Gasteiger partial charge in [0.2, 0.25) is 0 Å². The number of nitrogens with one attached hydrogen (secondary N) is 1. The molecule has 0 aliphatic heterocycles. The van der Waals surface area contributed by atoms with E-state index < -0.39 is 0 Å². The Morgan fingerprint density at radius 1 is 1.13 bits per heavy atom. The third kappa shape index (κ3) is 4.72. The quantitative estimate of drug-likeness (QED) is 0.886. The molecular weight excluding hydrogens is 231 g/mol. The van der Waals surface area contributed by atoms with Crippen LogP contribution in [0.5, 0.6) is 0 Å². The fourth-order valence-corrected chi connectivity index (χ4v) is 1.95. The van der Waals surface area contributed by atoms with E-state index in [1.807, 2.05) is 24.5 Å². The van der Waals surface area contributed by atoms with Gasteiger partial charge in [-0.05, 0) is 30.9 Å². The minimum atomic E-state index is 0. The summed E-state index contributed by atoms with van der Waals surface area (Å²) >= 11 is 0. The van der Waals surface area contributed by atoms with Crippen molar-refractivity contribution in [3.05, 3.63) is 24.5 Å². The zero-order chi connectivity index (χ0) is 8.93. The first kappa shape index (κ1) is 14.5. The van der Waals surface area contributed by atoms with Crippen molar-refractivity contribution < 1.29 is 0 Å². The molecule has 1 saturated carbocycles. The van der Waals surface area contributed by atoms with Gasteiger partial charge in [0.25, 0.3) is 0 Å². The van der Waals surface area contributed by atoms with Crippen molar-refractivity contribution in [2.45, 2.75) is 25.7 Å². The monoisotopic (exact) mass is 248 g/mol. The topological polar surface area (TPSA) is 24.9 Å². The number of hydrogen-bond acceptors (Lipinski definition) is 2. The second-order valence-electron chi connectivity index (χ2n) is 3.77. The van der Waals surface area contributed by atoms with E-state index in [0.717, 1.165) is 12.5 Å². The average Bonchev–Trinajstić information content (AvgIpc) is 2.69. The lowest BCUT2D eigenvalue weighted by Gasteiger charge is -2.10. The van der Waals surface area contributed by atoms with Gasteiger partial charge >= 0.3 is 0 Å². The van der Waals surface area contributed by atoms with Crippen LogP contribution in [0.4, 0.5) is 5.69 Å². The highest BCUT2D eigenvalue weighted by molar-refractivity contribution is 5.85. The van der Waals surface area contributed by atoms with E-state index in [-0.39, 0.29) is 24.8 Å². The first-order valence-electron chi connectivity index (χ1n) is 5.09. The molecule has 0 saturated heterocycles. The maximum absolute atomic E-state index is 3.99. The number of hydrogen-bond donors (Lipinski definition) is 1. The molecule has 0 aromatic carbocycles. The Labute approximate surface area is 104 Å². The second-order valence-corrected chi connectivity index (χ2v) is 3.77. The van der Waals surface area contributed by atoms with Crippen LogP contribution in [0.25, 0.3) is 0 Å². The zero-order valence-electron chi connectivity index (χ0n) is 8.69. The van der Waals surface area contributed by atoms with Crippen LogP contribution >= 0.6 is 24.8 Å². The Hall–Kier alpha value is -0.470. The first-order chi connectivity index (χ1) is 6.45. The molecule has 86 valence electrons. The van der Waals surface area contributed by atoms with Crippen LogP contribution in [0.15, 0.2) is 24.5 Å². The van der Waals surface area contributed by atoms with Gasteiger partial charge in [-0.3, -0.25) is 4.98 Å². The van der Waals surface area contributed by atoms with Crippen molar-refractivity contribution in [3.8, 4) is 0 Å². The predicted octanol–water partition coefficient (Wildman–Crippen LogP) is 3.53. The van der Waals surface area contributed by atoms with E-state index in [0.29, 0.717) is 0 Å². The maximum Gasteiger partial charge on any atom is 0.0371 e. The summed E-state index contributed by atoms with van der Waals surface area (Å²) in [6.07, 6.45) is 9.30. The highest BCUT2D eigenvalue weighted by Gasteiger charge is 2.13. The Kier molecular flexibility index (Phi) is 7.53. The molecule has 1 fully saturated rings. The lowest BCUT2D eigenvalue weighted by Crippen LogP contribution is -2.10. The maximum atomic E-state index is 3.99. The molecule has 1 aliphatic carbocycles. The third-order valence-electron chi connectivity index (χ3n) is 2.75. The van der Waals surface area contributed by atoms with Crippen molar-refractivity contribution in [1.29, 1.82) is 0 Å². The third-order valence-corrected chi connectivity index (χ3v) is 2.75. The van der Waals surface area contributed by atoms with E-state index in [1.165, 1.54) is 31.4 Å². The number of aromatic nitrogens is 1. The molecule has 2 nitrogen and oxygen atoms in total. The van der Waals surface area contributed by atoms with Gasteiger partial charge < -0.3 is 5.32 Å². The lowest BCUT2D eigenvalue weighted by molar-refractivity contribution is 0.580. The Balaban J connectivity index is 0.000000980. The molecule has 1 heterocycles. The second kappa shape index (κ2) is 7.77. The van der Waals surface area contributed by atoms with Crippen molar-refractivity contribution in [1.82, 2.24) is 4.98 Å². The van der Waals surface area contributed by atoms with E-state index in [1.54, 1.807) is 0 Å². The summed E-state index contributed by atoms with van der Waals surface area (Å²) in [6, 6.07) is 4.05. The molecule has 0 atom stereocenters. The largest absolute Gasteiger partial charge is 0.385 e. The molecule has 0 spiro atoms. The molecule has 0 radical (unpaired) electrons. The van der Waals surface area contributed by atoms with Gasteiger partial charge in [0.05, 0.1) is 0 Å². The summed E-state index contributed by atoms with van der Waals surface area (Å²) < 4.78 is 0. The molecule has 0 bridgehead atoms. The summed E-state index contributed by atoms with van der Waals surface area (Å²) in [5, 5.41) is 3.45. The molecule has 1 aliphatic rings. The van der Waals surface area contributed by atoms with E-state index in [2.05, 4.69) is 10.3 Å². The van der Waals surface area contributed by atoms with Gasteiger partial charge in [-0.1, -0.05) is 12.8 Å². The van der Waals surface area contributed by atoms with Crippen LogP contribution in [0.2, 0.25) is 0 Å². The van der Waals surface area contributed by atoms with Crippen molar-refractivity contribution in [2.75, 3.05) is 11.9 Å².